The van der Waals surface area contributed by atoms with Crippen LogP contribution >= 0.6 is 0 Å². The Balaban J connectivity index is 2.07. The first kappa shape index (κ1) is 10.0. The molecule has 0 radical (unpaired) electrons. The van der Waals surface area contributed by atoms with E-state index >= 15 is 0 Å². The molecule has 0 spiro atoms. The molecule has 0 aliphatic rings. The SMILES string of the molecule is NOCc1nc(-c2coc3ccccc23)no1. The van der Waals surface area contributed by atoms with Gasteiger partial charge >= 0.3 is 0 Å². The van der Waals surface area contributed by atoms with Crippen LogP contribution in [0.3, 0.4) is 0 Å². The summed E-state index contributed by atoms with van der Waals surface area (Å²) in [5.74, 6) is 5.72. The molecular formula is C11H9N3O3. The minimum atomic E-state index is 0.0861. The molecule has 0 saturated heterocycles. The molecule has 0 fully saturated rings. The zero-order valence-corrected chi connectivity index (χ0v) is 8.79. The van der Waals surface area contributed by atoms with E-state index in [1.807, 2.05) is 24.3 Å². The number of hydrogen-bond acceptors (Lipinski definition) is 6. The number of hydrogen-bond donors (Lipinski definition) is 1. The summed E-state index contributed by atoms with van der Waals surface area (Å²) in [6.07, 6.45) is 1.60. The van der Waals surface area contributed by atoms with Crippen LogP contribution in [0.5, 0.6) is 0 Å². The van der Waals surface area contributed by atoms with Crippen molar-refractivity contribution in [2.75, 3.05) is 0 Å². The molecular weight excluding hydrogens is 222 g/mol. The van der Waals surface area contributed by atoms with Gasteiger partial charge in [0.05, 0.1) is 5.56 Å². The van der Waals surface area contributed by atoms with Gasteiger partial charge in [0.15, 0.2) is 0 Å². The molecule has 6 nitrogen and oxygen atoms in total. The number of aromatic nitrogens is 2. The second-order valence-electron chi connectivity index (χ2n) is 3.47. The van der Waals surface area contributed by atoms with E-state index in [-0.39, 0.29) is 6.61 Å². The molecule has 6 heteroatoms. The van der Waals surface area contributed by atoms with Crippen molar-refractivity contribution in [1.29, 1.82) is 0 Å². The highest BCUT2D eigenvalue weighted by atomic mass is 16.6. The monoisotopic (exact) mass is 231 g/mol. The second-order valence-corrected chi connectivity index (χ2v) is 3.47. The van der Waals surface area contributed by atoms with Crippen molar-refractivity contribution in [3.05, 3.63) is 36.4 Å². The van der Waals surface area contributed by atoms with Gasteiger partial charge in [-0.2, -0.15) is 4.98 Å². The van der Waals surface area contributed by atoms with Gasteiger partial charge in [-0.25, -0.2) is 5.90 Å². The average molecular weight is 231 g/mol. The predicted octanol–water partition coefficient (Wildman–Crippen LogP) is 1.87. The first-order valence-corrected chi connectivity index (χ1v) is 4.99. The predicted molar refractivity (Wildman–Crippen MR) is 58.5 cm³/mol. The van der Waals surface area contributed by atoms with E-state index in [0.29, 0.717) is 11.7 Å². The van der Waals surface area contributed by atoms with Crippen LogP contribution in [0.2, 0.25) is 0 Å². The largest absolute Gasteiger partial charge is 0.464 e. The van der Waals surface area contributed by atoms with Gasteiger partial charge in [0.2, 0.25) is 5.82 Å². The maximum absolute atomic E-state index is 5.40. The van der Waals surface area contributed by atoms with Gasteiger partial charge in [0.1, 0.15) is 18.5 Å². The molecule has 2 N–H and O–H groups in total. The van der Waals surface area contributed by atoms with Crippen LogP contribution in [0.25, 0.3) is 22.4 Å². The lowest BCUT2D eigenvalue weighted by Gasteiger charge is -1.89. The topological polar surface area (TPSA) is 87.3 Å². The van der Waals surface area contributed by atoms with Crippen molar-refractivity contribution in [3.63, 3.8) is 0 Å². The van der Waals surface area contributed by atoms with Crippen molar-refractivity contribution < 1.29 is 13.8 Å². The molecule has 0 unspecified atom stereocenters. The Hall–Kier alpha value is -2.18. The highest BCUT2D eigenvalue weighted by Crippen LogP contribution is 2.28. The summed E-state index contributed by atoms with van der Waals surface area (Å²) in [6, 6.07) is 7.64. The van der Waals surface area contributed by atoms with Gasteiger partial charge in [-0.05, 0) is 6.07 Å². The number of fused-ring (bicyclic) bond motifs is 1. The van der Waals surface area contributed by atoms with Crippen molar-refractivity contribution >= 4 is 11.0 Å². The summed E-state index contributed by atoms with van der Waals surface area (Å²) in [5, 5.41) is 4.78. The normalized spacial score (nSPS) is 11.1. The molecule has 0 aliphatic carbocycles. The maximum atomic E-state index is 5.40. The van der Waals surface area contributed by atoms with Crippen LogP contribution in [0.1, 0.15) is 5.89 Å². The minimum absolute atomic E-state index is 0.0861. The smallest absolute Gasteiger partial charge is 0.255 e. The molecule has 0 atom stereocenters. The average Bonchev–Trinajstić information content (AvgIpc) is 2.95. The third-order valence-electron chi connectivity index (χ3n) is 2.40. The third-order valence-corrected chi connectivity index (χ3v) is 2.40. The van der Waals surface area contributed by atoms with Crippen LogP contribution in [-0.4, -0.2) is 10.1 Å². The second kappa shape index (κ2) is 4.00. The fourth-order valence-corrected chi connectivity index (χ4v) is 1.65. The van der Waals surface area contributed by atoms with Crippen molar-refractivity contribution in [2.45, 2.75) is 6.61 Å². The maximum Gasteiger partial charge on any atom is 0.255 e. The lowest BCUT2D eigenvalue weighted by Crippen LogP contribution is -1.98. The molecule has 3 aromatic rings. The Kier molecular flexibility index (Phi) is 2.36. The fourth-order valence-electron chi connectivity index (χ4n) is 1.65. The molecule has 0 saturated carbocycles. The molecule has 1 aromatic carbocycles. The number of furan rings is 1. The van der Waals surface area contributed by atoms with E-state index in [1.165, 1.54) is 0 Å². The molecule has 2 heterocycles. The molecule has 0 aliphatic heterocycles. The number of nitrogens with two attached hydrogens (primary N) is 1. The lowest BCUT2D eigenvalue weighted by atomic mass is 10.2. The molecule has 3 rings (SSSR count). The fraction of sp³-hybridized carbons (Fsp3) is 0.0909. The van der Waals surface area contributed by atoms with Gasteiger partial charge < -0.3 is 8.94 Å². The van der Waals surface area contributed by atoms with E-state index in [4.69, 9.17) is 14.8 Å². The number of rotatable bonds is 3. The highest BCUT2D eigenvalue weighted by molar-refractivity contribution is 5.91. The van der Waals surface area contributed by atoms with E-state index in [2.05, 4.69) is 15.0 Å². The van der Waals surface area contributed by atoms with Crippen LogP contribution in [-0.2, 0) is 11.4 Å². The van der Waals surface area contributed by atoms with Crippen LogP contribution in [0, 0.1) is 0 Å². The first-order chi connectivity index (χ1) is 8.38. The Morgan fingerprint density at radius 3 is 3.06 bits per heavy atom. The lowest BCUT2D eigenvalue weighted by molar-refractivity contribution is 0.0996. The number of nitrogens with zero attached hydrogens (tertiary/aromatic N) is 2. The number of para-hydroxylation sites is 1. The Labute approximate surface area is 95.9 Å². The quantitative estimate of drug-likeness (QED) is 0.692. The minimum Gasteiger partial charge on any atom is -0.464 e. The summed E-state index contributed by atoms with van der Waals surface area (Å²) in [6.45, 7) is 0.0861. The standard InChI is InChI=1S/C11H9N3O3/c12-16-6-10-13-11(14-17-10)8-5-15-9-4-2-1-3-7(8)9/h1-5H,6,12H2. The zero-order valence-electron chi connectivity index (χ0n) is 8.79. The Morgan fingerprint density at radius 2 is 2.18 bits per heavy atom. The van der Waals surface area contributed by atoms with Crippen molar-refractivity contribution in [3.8, 4) is 11.4 Å². The Morgan fingerprint density at radius 1 is 1.29 bits per heavy atom. The molecule has 17 heavy (non-hydrogen) atoms. The Bertz CT molecular complexity index is 644. The van der Waals surface area contributed by atoms with Gasteiger partial charge in [0.25, 0.3) is 5.89 Å². The summed E-state index contributed by atoms with van der Waals surface area (Å²) in [4.78, 5) is 8.58. The zero-order chi connectivity index (χ0) is 11.7. The summed E-state index contributed by atoms with van der Waals surface area (Å²) < 4.78 is 10.4. The van der Waals surface area contributed by atoms with Crippen molar-refractivity contribution in [1.82, 2.24) is 10.1 Å². The summed E-state index contributed by atoms with van der Waals surface area (Å²) in [5.41, 5.74) is 1.57. The third kappa shape index (κ3) is 1.69. The van der Waals surface area contributed by atoms with Crippen LogP contribution in [0.4, 0.5) is 0 Å². The van der Waals surface area contributed by atoms with Gasteiger partial charge in [-0.15, -0.1) is 0 Å². The van der Waals surface area contributed by atoms with Crippen LogP contribution < -0.4 is 5.90 Å². The van der Waals surface area contributed by atoms with Gasteiger partial charge in [-0.1, -0.05) is 23.4 Å². The van der Waals surface area contributed by atoms with E-state index < -0.39 is 0 Å². The molecule has 0 amide bonds. The van der Waals surface area contributed by atoms with Crippen molar-refractivity contribution in [2.24, 2.45) is 5.90 Å². The highest BCUT2D eigenvalue weighted by Gasteiger charge is 2.13. The molecule has 86 valence electrons. The number of benzene rings is 1. The summed E-state index contributed by atoms with van der Waals surface area (Å²) in [7, 11) is 0. The van der Waals surface area contributed by atoms with E-state index in [0.717, 1.165) is 16.5 Å². The van der Waals surface area contributed by atoms with Gasteiger partial charge in [-0.3, -0.25) is 4.84 Å². The molecule has 2 aromatic heterocycles. The van der Waals surface area contributed by atoms with Gasteiger partial charge in [0, 0.05) is 5.39 Å². The van der Waals surface area contributed by atoms with Crippen LogP contribution in [0.15, 0.2) is 39.5 Å². The van der Waals surface area contributed by atoms with E-state index in [1.54, 1.807) is 6.26 Å². The first-order valence-electron chi connectivity index (χ1n) is 4.99. The molecule has 0 bridgehead atoms. The van der Waals surface area contributed by atoms with E-state index in [9.17, 15) is 0 Å². The summed E-state index contributed by atoms with van der Waals surface area (Å²) >= 11 is 0.